The van der Waals surface area contributed by atoms with Crippen LogP contribution in [-0.2, 0) is 4.79 Å². The number of ketones is 1. The summed E-state index contributed by atoms with van der Waals surface area (Å²) < 4.78 is 0. The average molecular weight is 197 g/mol. The smallest absolute Gasteiger partial charge is 0.191 e. The van der Waals surface area contributed by atoms with Gasteiger partial charge < -0.3 is 0 Å². The van der Waals surface area contributed by atoms with Crippen molar-refractivity contribution in [2.24, 2.45) is 5.10 Å². The predicted molar refractivity (Wildman–Crippen MR) is 54.0 cm³/mol. The third-order valence-electron chi connectivity index (χ3n) is 1.35. The SMILES string of the molecule is CC(=O)/C(Cl)=N\Nc1ccccc1. The van der Waals surface area contributed by atoms with Gasteiger partial charge >= 0.3 is 0 Å². The Morgan fingerprint density at radius 1 is 1.38 bits per heavy atom. The lowest BCUT2D eigenvalue weighted by molar-refractivity contribution is -0.110. The summed E-state index contributed by atoms with van der Waals surface area (Å²) in [6, 6.07) is 9.27. The number of Topliss-reactive ketones (excluding diaryl/α,β-unsaturated/α-hetero) is 1. The summed E-state index contributed by atoms with van der Waals surface area (Å²) in [7, 11) is 0. The quantitative estimate of drug-likeness (QED) is 0.595. The molecule has 0 amide bonds. The summed E-state index contributed by atoms with van der Waals surface area (Å²) in [5.74, 6) is -0.259. The van der Waals surface area contributed by atoms with E-state index in [2.05, 4.69) is 10.5 Å². The second kappa shape index (κ2) is 4.62. The van der Waals surface area contributed by atoms with E-state index in [1.54, 1.807) is 0 Å². The third kappa shape index (κ3) is 3.25. The number of halogens is 1. The molecule has 1 rings (SSSR count). The van der Waals surface area contributed by atoms with Gasteiger partial charge in [0.2, 0.25) is 0 Å². The van der Waals surface area contributed by atoms with Gasteiger partial charge in [-0.3, -0.25) is 10.2 Å². The molecule has 0 bridgehead atoms. The number of carbonyl (C=O) groups is 1. The van der Waals surface area contributed by atoms with Crippen molar-refractivity contribution >= 4 is 28.2 Å². The minimum absolute atomic E-state index is 0.0520. The van der Waals surface area contributed by atoms with E-state index >= 15 is 0 Å². The molecule has 1 aromatic rings. The van der Waals surface area contributed by atoms with Crippen LogP contribution in [0.5, 0.6) is 0 Å². The molecule has 0 fully saturated rings. The van der Waals surface area contributed by atoms with E-state index in [1.165, 1.54) is 6.92 Å². The monoisotopic (exact) mass is 196 g/mol. The van der Waals surface area contributed by atoms with Crippen LogP contribution in [0.2, 0.25) is 0 Å². The molecule has 0 unspecified atom stereocenters. The first-order valence-electron chi connectivity index (χ1n) is 3.75. The van der Waals surface area contributed by atoms with Crippen molar-refractivity contribution in [3.8, 4) is 0 Å². The fourth-order valence-corrected chi connectivity index (χ4v) is 0.747. The lowest BCUT2D eigenvalue weighted by Crippen LogP contribution is -2.04. The average Bonchev–Trinajstić information content (AvgIpc) is 2.15. The van der Waals surface area contributed by atoms with Crippen molar-refractivity contribution in [1.29, 1.82) is 0 Å². The number of hydrogen-bond acceptors (Lipinski definition) is 3. The molecule has 1 N–H and O–H groups in total. The fourth-order valence-electron chi connectivity index (χ4n) is 0.705. The molecular weight excluding hydrogens is 188 g/mol. The van der Waals surface area contributed by atoms with Crippen LogP contribution in [0.4, 0.5) is 5.69 Å². The highest BCUT2D eigenvalue weighted by Gasteiger charge is 1.99. The van der Waals surface area contributed by atoms with Crippen molar-refractivity contribution in [3.05, 3.63) is 30.3 Å². The fraction of sp³-hybridized carbons (Fsp3) is 0.111. The largest absolute Gasteiger partial charge is 0.292 e. The van der Waals surface area contributed by atoms with E-state index in [4.69, 9.17) is 11.6 Å². The molecule has 1 aromatic carbocycles. The molecule has 0 spiro atoms. The van der Waals surface area contributed by atoms with Gasteiger partial charge in [0.25, 0.3) is 0 Å². The van der Waals surface area contributed by atoms with Gasteiger partial charge in [0, 0.05) is 6.92 Å². The van der Waals surface area contributed by atoms with Crippen molar-refractivity contribution in [2.45, 2.75) is 6.92 Å². The van der Waals surface area contributed by atoms with Crippen molar-refractivity contribution in [2.75, 3.05) is 5.43 Å². The Kier molecular flexibility index (Phi) is 3.46. The molecule has 4 heteroatoms. The Bertz CT molecular complexity index is 322. The van der Waals surface area contributed by atoms with Gasteiger partial charge in [-0.1, -0.05) is 29.8 Å². The number of para-hydroxylation sites is 1. The summed E-state index contributed by atoms with van der Waals surface area (Å²) in [4.78, 5) is 10.7. The van der Waals surface area contributed by atoms with E-state index in [-0.39, 0.29) is 11.0 Å². The maximum Gasteiger partial charge on any atom is 0.191 e. The lowest BCUT2D eigenvalue weighted by Gasteiger charge is -1.98. The Hall–Kier alpha value is -1.35. The molecular formula is C9H9ClN2O. The van der Waals surface area contributed by atoms with Gasteiger partial charge in [-0.15, -0.1) is 0 Å². The lowest BCUT2D eigenvalue weighted by atomic mass is 10.3. The Balaban J connectivity index is 2.62. The number of rotatable bonds is 3. The maximum absolute atomic E-state index is 10.7. The number of nitrogens with zero attached hydrogens (tertiary/aromatic N) is 1. The highest BCUT2D eigenvalue weighted by molar-refractivity contribution is 6.82. The van der Waals surface area contributed by atoms with Gasteiger partial charge in [0.05, 0.1) is 5.69 Å². The number of hydrazone groups is 1. The first kappa shape index (κ1) is 9.74. The zero-order valence-corrected chi connectivity index (χ0v) is 7.88. The Morgan fingerprint density at radius 3 is 2.54 bits per heavy atom. The summed E-state index contributed by atoms with van der Waals surface area (Å²) in [5.41, 5.74) is 3.45. The van der Waals surface area contributed by atoms with Crippen LogP contribution in [-0.4, -0.2) is 11.0 Å². The summed E-state index contributed by atoms with van der Waals surface area (Å²) >= 11 is 5.50. The van der Waals surface area contributed by atoms with E-state index in [0.29, 0.717) is 0 Å². The summed E-state index contributed by atoms with van der Waals surface area (Å²) in [6.45, 7) is 1.36. The standard InChI is InChI=1S/C9H9ClN2O/c1-7(13)9(10)12-11-8-5-3-2-4-6-8/h2-6,11H,1H3/b12-9+. The molecule has 68 valence electrons. The molecule has 0 aliphatic carbocycles. The summed E-state index contributed by atoms with van der Waals surface area (Å²) in [5, 5.41) is 3.62. The molecule has 0 aliphatic heterocycles. The van der Waals surface area contributed by atoms with E-state index in [0.717, 1.165) is 5.69 Å². The molecule has 0 aromatic heterocycles. The van der Waals surface area contributed by atoms with Gasteiger partial charge in [-0.2, -0.15) is 5.10 Å². The Morgan fingerprint density at radius 2 is 2.00 bits per heavy atom. The normalized spacial score (nSPS) is 11.1. The molecule has 0 atom stereocenters. The second-order valence-corrected chi connectivity index (χ2v) is 2.79. The van der Waals surface area contributed by atoms with Crippen molar-refractivity contribution in [1.82, 2.24) is 0 Å². The highest BCUT2D eigenvalue weighted by Crippen LogP contribution is 2.04. The highest BCUT2D eigenvalue weighted by atomic mass is 35.5. The number of anilines is 1. The van der Waals surface area contributed by atoms with Crippen LogP contribution in [0, 0.1) is 0 Å². The van der Waals surface area contributed by atoms with E-state index in [9.17, 15) is 4.79 Å². The van der Waals surface area contributed by atoms with Gasteiger partial charge in [0.15, 0.2) is 11.0 Å². The first-order chi connectivity index (χ1) is 6.20. The number of nitrogens with one attached hydrogen (secondary N) is 1. The van der Waals surface area contributed by atoms with Crippen LogP contribution in [0.15, 0.2) is 35.4 Å². The van der Waals surface area contributed by atoms with E-state index < -0.39 is 0 Å². The summed E-state index contributed by atoms with van der Waals surface area (Å²) in [6.07, 6.45) is 0. The predicted octanol–water partition coefficient (Wildman–Crippen LogP) is 2.24. The molecule has 0 aliphatic rings. The maximum atomic E-state index is 10.7. The van der Waals surface area contributed by atoms with Gasteiger partial charge in [-0.25, -0.2) is 0 Å². The van der Waals surface area contributed by atoms with Crippen molar-refractivity contribution < 1.29 is 4.79 Å². The van der Waals surface area contributed by atoms with E-state index in [1.807, 2.05) is 30.3 Å². The third-order valence-corrected chi connectivity index (χ3v) is 1.70. The minimum Gasteiger partial charge on any atom is -0.292 e. The topological polar surface area (TPSA) is 41.5 Å². The number of carbonyl (C=O) groups excluding carboxylic acids is 1. The zero-order valence-electron chi connectivity index (χ0n) is 7.12. The van der Waals surface area contributed by atoms with Gasteiger partial charge in [-0.05, 0) is 12.1 Å². The number of hydrogen-bond donors (Lipinski definition) is 1. The molecule has 0 saturated carbocycles. The molecule has 13 heavy (non-hydrogen) atoms. The van der Waals surface area contributed by atoms with Crippen molar-refractivity contribution in [3.63, 3.8) is 0 Å². The van der Waals surface area contributed by atoms with Gasteiger partial charge in [0.1, 0.15) is 0 Å². The molecule has 0 saturated heterocycles. The first-order valence-corrected chi connectivity index (χ1v) is 4.13. The zero-order chi connectivity index (χ0) is 9.68. The van der Waals surface area contributed by atoms with Crippen LogP contribution >= 0.6 is 11.6 Å². The van der Waals surface area contributed by atoms with Crippen LogP contribution in [0.1, 0.15) is 6.92 Å². The molecule has 0 heterocycles. The number of benzene rings is 1. The van der Waals surface area contributed by atoms with Crippen LogP contribution in [0.3, 0.4) is 0 Å². The van der Waals surface area contributed by atoms with Crippen LogP contribution in [0.25, 0.3) is 0 Å². The molecule has 3 nitrogen and oxygen atoms in total. The minimum atomic E-state index is -0.259. The molecule has 0 radical (unpaired) electrons. The Labute approximate surface area is 81.4 Å². The second-order valence-electron chi connectivity index (χ2n) is 2.44. The van der Waals surface area contributed by atoms with Crippen LogP contribution < -0.4 is 5.43 Å².